The van der Waals surface area contributed by atoms with E-state index in [2.05, 4.69) is 15.3 Å². The average Bonchev–Trinajstić information content (AvgIpc) is 2.98. The van der Waals surface area contributed by atoms with Crippen LogP contribution in [0, 0.1) is 5.82 Å². The molecule has 0 aliphatic heterocycles. The molecule has 0 radical (unpaired) electrons. The van der Waals surface area contributed by atoms with E-state index in [0.717, 1.165) is 5.82 Å². The zero-order valence-corrected chi connectivity index (χ0v) is 11.0. The summed E-state index contributed by atoms with van der Waals surface area (Å²) in [4.78, 5) is 8.54. The lowest BCUT2D eigenvalue weighted by Crippen LogP contribution is -1.99. The number of hydrogen-bond acceptors (Lipinski definition) is 3. The predicted octanol–water partition coefficient (Wildman–Crippen LogP) is 3.80. The van der Waals surface area contributed by atoms with Gasteiger partial charge in [0.2, 0.25) is 0 Å². The first-order chi connectivity index (χ1) is 9.72. The van der Waals surface area contributed by atoms with E-state index in [9.17, 15) is 4.39 Å². The fraction of sp³-hybridized carbons (Fsp3) is 0. The zero-order chi connectivity index (χ0) is 13.9. The normalized spacial score (nSPS) is 10.5. The molecule has 1 N–H and O–H groups in total. The highest BCUT2D eigenvalue weighted by molar-refractivity contribution is 6.31. The number of rotatable bonds is 3. The van der Waals surface area contributed by atoms with Crippen LogP contribution in [-0.4, -0.2) is 14.5 Å². The molecule has 3 aromatic rings. The summed E-state index contributed by atoms with van der Waals surface area (Å²) in [7, 11) is 0. The lowest BCUT2D eigenvalue weighted by Gasteiger charge is -2.07. The number of halogens is 2. The van der Waals surface area contributed by atoms with E-state index in [0.29, 0.717) is 11.5 Å². The first-order valence-corrected chi connectivity index (χ1v) is 6.27. The molecule has 0 unspecified atom stereocenters. The first-order valence-electron chi connectivity index (χ1n) is 5.90. The molecule has 4 nitrogen and oxygen atoms in total. The predicted molar refractivity (Wildman–Crippen MR) is 76.1 cm³/mol. The van der Waals surface area contributed by atoms with E-state index in [1.807, 2.05) is 29.1 Å². The second-order valence-electron chi connectivity index (χ2n) is 4.10. The van der Waals surface area contributed by atoms with Gasteiger partial charge in [0.25, 0.3) is 0 Å². The Morgan fingerprint density at radius 2 is 1.90 bits per heavy atom. The maximum Gasteiger partial charge on any atom is 0.155 e. The van der Waals surface area contributed by atoms with Gasteiger partial charge in [-0.05, 0) is 30.3 Å². The van der Waals surface area contributed by atoms with Crippen molar-refractivity contribution in [3.63, 3.8) is 0 Å². The minimum Gasteiger partial charge on any atom is -0.339 e. The Labute approximate surface area is 119 Å². The van der Waals surface area contributed by atoms with Crippen molar-refractivity contribution in [1.82, 2.24) is 14.5 Å². The summed E-state index contributed by atoms with van der Waals surface area (Å²) >= 11 is 5.72. The largest absolute Gasteiger partial charge is 0.339 e. The molecule has 2 aromatic heterocycles. The van der Waals surface area contributed by atoms with Crippen LogP contribution in [0.5, 0.6) is 0 Å². The third-order valence-corrected chi connectivity index (χ3v) is 2.99. The summed E-state index contributed by atoms with van der Waals surface area (Å²) in [5.74, 6) is 0.826. The van der Waals surface area contributed by atoms with E-state index < -0.39 is 5.82 Å². The summed E-state index contributed by atoms with van der Waals surface area (Å²) in [5.41, 5.74) is 0.652. The minimum atomic E-state index is -0.453. The molecule has 2 heterocycles. The fourth-order valence-corrected chi connectivity index (χ4v) is 1.91. The summed E-state index contributed by atoms with van der Waals surface area (Å²) in [5, 5.41) is 3.07. The number of benzene rings is 1. The second kappa shape index (κ2) is 5.30. The molecule has 100 valence electrons. The number of hydrogen-bond donors (Lipinski definition) is 1. The monoisotopic (exact) mass is 288 g/mol. The van der Waals surface area contributed by atoms with Gasteiger partial charge in [-0.2, -0.15) is 0 Å². The number of nitrogens with zero attached hydrogens (tertiary/aromatic N) is 3. The van der Waals surface area contributed by atoms with E-state index in [1.165, 1.54) is 12.1 Å². The molecular weight excluding hydrogens is 279 g/mol. The molecule has 0 aliphatic carbocycles. The Bertz CT molecular complexity index is 711. The van der Waals surface area contributed by atoms with Crippen molar-refractivity contribution in [3.05, 3.63) is 66.0 Å². The van der Waals surface area contributed by atoms with Gasteiger partial charge in [-0.25, -0.2) is 14.4 Å². The highest BCUT2D eigenvalue weighted by Crippen LogP contribution is 2.21. The van der Waals surface area contributed by atoms with Crippen molar-refractivity contribution in [1.29, 1.82) is 0 Å². The van der Waals surface area contributed by atoms with Gasteiger partial charge in [0, 0.05) is 18.1 Å². The Balaban J connectivity index is 1.79. The van der Waals surface area contributed by atoms with Crippen LogP contribution in [0.2, 0.25) is 5.02 Å². The highest BCUT2D eigenvalue weighted by Gasteiger charge is 2.03. The Morgan fingerprint density at radius 1 is 1.10 bits per heavy atom. The van der Waals surface area contributed by atoms with Gasteiger partial charge in [-0.3, -0.25) is 0 Å². The fourth-order valence-electron chi connectivity index (χ4n) is 1.73. The summed E-state index contributed by atoms with van der Waals surface area (Å²) < 4.78 is 14.9. The minimum absolute atomic E-state index is 0.0620. The van der Waals surface area contributed by atoms with Crippen molar-refractivity contribution < 1.29 is 4.39 Å². The van der Waals surface area contributed by atoms with E-state index in [4.69, 9.17) is 11.6 Å². The average molecular weight is 289 g/mol. The first kappa shape index (κ1) is 12.6. The van der Waals surface area contributed by atoms with Gasteiger partial charge in [-0.1, -0.05) is 11.6 Å². The molecule has 0 spiro atoms. The number of nitrogens with one attached hydrogen (secondary N) is 1. The van der Waals surface area contributed by atoms with Gasteiger partial charge in [0.1, 0.15) is 11.6 Å². The number of anilines is 2. The van der Waals surface area contributed by atoms with Gasteiger partial charge in [-0.15, -0.1) is 0 Å². The smallest absolute Gasteiger partial charge is 0.155 e. The summed E-state index contributed by atoms with van der Waals surface area (Å²) in [6, 6.07) is 8.20. The SMILES string of the molecule is Fc1ccc(Nc2cnc(-n3cccc3)cn2)cc1Cl. The zero-order valence-electron chi connectivity index (χ0n) is 10.3. The van der Waals surface area contributed by atoms with Gasteiger partial charge >= 0.3 is 0 Å². The van der Waals surface area contributed by atoms with E-state index in [1.54, 1.807) is 18.5 Å². The van der Waals surface area contributed by atoms with Crippen molar-refractivity contribution in [2.24, 2.45) is 0 Å². The van der Waals surface area contributed by atoms with Crippen molar-refractivity contribution in [2.75, 3.05) is 5.32 Å². The molecule has 0 amide bonds. The lowest BCUT2D eigenvalue weighted by atomic mass is 10.3. The molecule has 20 heavy (non-hydrogen) atoms. The van der Waals surface area contributed by atoms with Crippen LogP contribution in [0.25, 0.3) is 5.82 Å². The third kappa shape index (κ3) is 2.62. The molecule has 0 aliphatic rings. The highest BCUT2D eigenvalue weighted by atomic mass is 35.5. The van der Waals surface area contributed by atoms with Crippen LogP contribution in [0.1, 0.15) is 0 Å². The maximum absolute atomic E-state index is 13.1. The van der Waals surface area contributed by atoms with Crippen LogP contribution in [0.3, 0.4) is 0 Å². The van der Waals surface area contributed by atoms with Crippen molar-refractivity contribution >= 4 is 23.1 Å². The van der Waals surface area contributed by atoms with E-state index in [-0.39, 0.29) is 5.02 Å². The van der Waals surface area contributed by atoms with Gasteiger partial charge < -0.3 is 9.88 Å². The molecule has 3 rings (SSSR count). The number of aromatic nitrogens is 3. The summed E-state index contributed by atoms with van der Waals surface area (Å²) in [6.45, 7) is 0. The topological polar surface area (TPSA) is 42.7 Å². The summed E-state index contributed by atoms with van der Waals surface area (Å²) in [6.07, 6.45) is 7.02. The van der Waals surface area contributed by atoms with Crippen LogP contribution >= 0.6 is 11.6 Å². The maximum atomic E-state index is 13.1. The molecule has 0 saturated carbocycles. The quantitative estimate of drug-likeness (QED) is 0.797. The van der Waals surface area contributed by atoms with Crippen LogP contribution in [0.15, 0.2) is 55.1 Å². The molecule has 0 fully saturated rings. The molecule has 0 atom stereocenters. The molecule has 6 heteroatoms. The van der Waals surface area contributed by atoms with Crippen molar-refractivity contribution in [3.8, 4) is 5.82 Å². The van der Waals surface area contributed by atoms with Crippen LogP contribution in [0.4, 0.5) is 15.9 Å². The van der Waals surface area contributed by atoms with Crippen LogP contribution < -0.4 is 5.32 Å². The Morgan fingerprint density at radius 3 is 2.55 bits per heavy atom. The Hall–Kier alpha value is -2.40. The molecule has 0 bridgehead atoms. The Kier molecular flexibility index (Phi) is 3.35. The van der Waals surface area contributed by atoms with Crippen LogP contribution in [-0.2, 0) is 0 Å². The second-order valence-corrected chi connectivity index (χ2v) is 4.51. The lowest BCUT2D eigenvalue weighted by molar-refractivity contribution is 0.628. The van der Waals surface area contributed by atoms with Gasteiger partial charge in [0.15, 0.2) is 5.82 Å². The van der Waals surface area contributed by atoms with Crippen molar-refractivity contribution in [2.45, 2.75) is 0 Å². The molecule has 0 saturated heterocycles. The van der Waals surface area contributed by atoms with E-state index >= 15 is 0 Å². The molecular formula is C14H10ClFN4. The standard InChI is InChI=1S/C14H10ClFN4/c15-11-7-10(3-4-12(11)16)19-13-8-18-14(9-17-13)20-5-1-2-6-20/h1-9H,(H,17,19). The molecule has 1 aromatic carbocycles. The third-order valence-electron chi connectivity index (χ3n) is 2.70. The van der Waals surface area contributed by atoms with Gasteiger partial charge in [0.05, 0.1) is 17.4 Å².